The van der Waals surface area contributed by atoms with Gasteiger partial charge < -0.3 is 0 Å². The maximum Gasteiger partial charge on any atom is 0.329 e. The molecule has 1 aromatic heterocycles. The first-order chi connectivity index (χ1) is 6.56. The fourth-order valence-corrected chi connectivity index (χ4v) is 1.61. The van der Waals surface area contributed by atoms with Gasteiger partial charge in [-0.2, -0.15) is 0 Å². The molecule has 0 amide bonds. The highest BCUT2D eigenvalue weighted by Crippen LogP contribution is 2.07. The number of nitrogens with zero attached hydrogens (tertiary/aromatic N) is 1. The Kier molecular flexibility index (Phi) is 3.52. The number of aromatic amines is 1. The topological polar surface area (TPSA) is 54.9 Å². The Bertz CT molecular complexity index is 390. The molecule has 1 rings (SSSR count). The average molecular weight is 217 g/mol. The molecule has 0 saturated heterocycles. The summed E-state index contributed by atoms with van der Waals surface area (Å²) in [6.45, 7) is 3.85. The Labute approximate surface area is 86.5 Å². The summed E-state index contributed by atoms with van der Waals surface area (Å²) in [7, 11) is 0. The van der Waals surface area contributed by atoms with E-state index in [-0.39, 0.29) is 16.8 Å². The van der Waals surface area contributed by atoms with Crippen LogP contribution in [0, 0.1) is 0 Å². The molecule has 1 N–H and O–H groups in total. The second-order valence-electron chi connectivity index (χ2n) is 3.27. The molecule has 0 aliphatic rings. The quantitative estimate of drug-likeness (QED) is 0.780. The number of hydrogen-bond acceptors (Lipinski definition) is 2. The standard InChI is InChI=1S/C9H13ClN2O2/c1-3-4-6(2)12-8(13)5-7(10)11-9(12)14/h5-6H,3-4H2,1-2H3,(H,11,14). The van der Waals surface area contributed by atoms with Gasteiger partial charge in [0.05, 0.1) is 0 Å². The molecule has 14 heavy (non-hydrogen) atoms. The molecule has 5 heteroatoms. The van der Waals surface area contributed by atoms with Gasteiger partial charge in [-0.15, -0.1) is 0 Å². The smallest absolute Gasteiger partial charge is 0.298 e. The van der Waals surface area contributed by atoms with Crippen molar-refractivity contribution >= 4 is 11.6 Å². The van der Waals surface area contributed by atoms with Crippen LogP contribution in [0.5, 0.6) is 0 Å². The monoisotopic (exact) mass is 216 g/mol. The summed E-state index contributed by atoms with van der Waals surface area (Å²) in [5.41, 5.74) is -0.789. The molecule has 0 saturated carbocycles. The molecule has 0 spiro atoms. The average Bonchev–Trinajstić information content (AvgIpc) is 2.01. The van der Waals surface area contributed by atoms with Gasteiger partial charge in [0.15, 0.2) is 0 Å². The summed E-state index contributed by atoms with van der Waals surface area (Å²) in [5, 5.41) is 0.0833. The number of hydrogen-bond donors (Lipinski definition) is 1. The highest BCUT2D eigenvalue weighted by Gasteiger charge is 2.09. The van der Waals surface area contributed by atoms with Gasteiger partial charge in [-0.25, -0.2) is 4.79 Å². The van der Waals surface area contributed by atoms with Crippen LogP contribution in [0.1, 0.15) is 32.7 Å². The van der Waals surface area contributed by atoms with E-state index in [1.54, 1.807) is 0 Å². The Morgan fingerprint density at radius 3 is 2.71 bits per heavy atom. The molecule has 0 aromatic carbocycles. The van der Waals surface area contributed by atoms with E-state index in [1.807, 2.05) is 13.8 Å². The van der Waals surface area contributed by atoms with Crippen LogP contribution < -0.4 is 11.2 Å². The number of nitrogens with one attached hydrogen (secondary N) is 1. The number of rotatable bonds is 3. The van der Waals surface area contributed by atoms with E-state index in [4.69, 9.17) is 11.6 Å². The van der Waals surface area contributed by atoms with Crippen LogP contribution in [0.2, 0.25) is 5.15 Å². The van der Waals surface area contributed by atoms with Crippen molar-refractivity contribution < 1.29 is 0 Å². The van der Waals surface area contributed by atoms with Crippen molar-refractivity contribution in [3.05, 3.63) is 32.1 Å². The third kappa shape index (κ3) is 2.26. The fraction of sp³-hybridized carbons (Fsp3) is 0.556. The van der Waals surface area contributed by atoms with Crippen LogP contribution >= 0.6 is 11.6 Å². The van der Waals surface area contributed by atoms with E-state index in [1.165, 1.54) is 10.6 Å². The lowest BCUT2D eigenvalue weighted by atomic mass is 10.2. The summed E-state index contributed by atoms with van der Waals surface area (Å²) in [6, 6.07) is 1.13. The summed E-state index contributed by atoms with van der Waals surface area (Å²) in [5.74, 6) is 0. The van der Waals surface area contributed by atoms with Crippen molar-refractivity contribution in [1.29, 1.82) is 0 Å². The van der Waals surface area contributed by atoms with Gasteiger partial charge in [0, 0.05) is 12.1 Å². The van der Waals surface area contributed by atoms with E-state index in [0.29, 0.717) is 0 Å². The molecule has 0 aliphatic carbocycles. The molecule has 0 radical (unpaired) electrons. The first kappa shape index (κ1) is 11.0. The van der Waals surface area contributed by atoms with Gasteiger partial charge in [-0.1, -0.05) is 24.9 Å². The second kappa shape index (κ2) is 4.46. The minimum absolute atomic E-state index is 0.0833. The third-order valence-corrected chi connectivity index (χ3v) is 2.28. The fourth-order valence-electron chi connectivity index (χ4n) is 1.44. The largest absolute Gasteiger partial charge is 0.329 e. The van der Waals surface area contributed by atoms with Crippen LogP contribution in [-0.2, 0) is 0 Å². The van der Waals surface area contributed by atoms with Crippen molar-refractivity contribution in [3.63, 3.8) is 0 Å². The Morgan fingerprint density at radius 2 is 2.21 bits per heavy atom. The van der Waals surface area contributed by atoms with Gasteiger partial charge in [-0.3, -0.25) is 14.3 Å². The summed E-state index contributed by atoms with van der Waals surface area (Å²) < 4.78 is 1.19. The lowest BCUT2D eigenvalue weighted by Crippen LogP contribution is -2.36. The van der Waals surface area contributed by atoms with Gasteiger partial charge in [0.25, 0.3) is 5.56 Å². The lowest BCUT2D eigenvalue weighted by molar-refractivity contribution is 0.466. The minimum atomic E-state index is -0.441. The zero-order valence-corrected chi connectivity index (χ0v) is 8.97. The van der Waals surface area contributed by atoms with Crippen molar-refractivity contribution in [1.82, 2.24) is 9.55 Å². The SMILES string of the molecule is CCCC(C)n1c(=O)cc(Cl)[nH]c1=O. The van der Waals surface area contributed by atoms with Crippen molar-refractivity contribution in [2.75, 3.05) is 0 Å². The number of H-pyrrole nitrogens is 1. The molecule has 78 valence electrons. The molecule has 1 heterocycles. The van der Waals surface area contributed by atoms with Crippen LogP contribution in [0.3, 0.4) is 0 Å². The number of halogens is 1. The summed E-state index contributed by atoms with van der Waals surface area (Å²) in [6.07, 6.45) is 1.72. The lowest BCUT2D eigenvalue weighted by Gasteiger charge is -2.11. The highest BCUT2D eigenvalue weighted by atomic mass is 35.5. The van der Waals surface area contributed by atoms with Gasteiger partial charge in [0.1, 0.15) is 5.15 Å². The Hall–Kier alpha value is -1.03. The molecule has 1 atom stereocenters. The van der Waals surface area contributed by atoms with Gasteiger partial charge >= 0.3 is 5.69 Å². The third-order valence-electron chi connectivity index (χ3n) is 2.08. The van der Waals surface area contributed by atoms with Crippen LogP contribution in [0.15, 0.2) is 15.7 Å². The first-order valence-corrected chi connectivity index (χ1v) is 4.95. The normalized spacial score (nSPS) is 12.8. The Morgan fingerprint density at radius 1 is 1.57 bits per heavy atom. The molecule has 1 aromatic rings. The highest BCUT2D eigenvalue weighted by molar-refractivity contribution is 6.29. The number of aromatic nitrogens is 2. The predicted octanol–water partition coefficient (Wildman–Crippen LogP) is 1.55. The molecule has 4 nitrogen and oxygen atoms in total. The van der Waals surface area contributed by atoms with Gasteiger partial charge in [-0.05, 0) is 13.3 Å². The van der Waals surface area contributed by atoms with Crippen molar-refractivity contribution in [2.24, 2.45) is 0 Å². The molecule has 1 unspecified atom stereocenters. The minimum Gasteiger partial charge on any atom is -0.298 e. The molecular weight excluding hydrogens is 204 g/mol. The van der Waals surface area contributed by atoms with Crippen molar-refractivity contribution in [3.8, 4) is 0 Å². The van der Waals surface area contributed by atoms with Crippen LogP contribution in [0.4, 0.5) is 0 Å². The Balaban J connectivity index is 3.21. The first-order valence-electron chi connectivity index (χ1n) is 4.57. The van der Waals surface area contributed by atoms with Crippen LogP contribution in [0.25, 0.3) is 0 Å². The molecule has 0 aliphatic heterocycles. The van der Waals surface area contributed by atoms with E-state index in [9.17, 15) is 9.59 Å². The van der Waals surface area contributed by atoms with E-state index in [2.05, 4.69) is 4.98 Å². The summed E-state index contributed by atoms with van der Waals surface area (Å²) >= 11 is 5.54. The van der Waals surface area contributed by atoms with E-state index in [0.717, 1.165) is 12.8 Å². The maximum absolute atomic E-state index is 11.4. The second-order valence-corrected chi connectivity index (χ2v) is 3.68. The zero-order chi connectivity index (χ0) is 10.7. The van der Waals surface area contributed by atoms with Crippen molar-refractivity contribution in [2.45, 2.75) is 32.7 Å². The predicted molar refractivity (Wildman–Crippen MR) is 56.0 cm³/mol. The van der Waals surface area contributed by atoms with Crippen LogP contribution in [-0.4, -0.2) is 9.55 Å². The summed E-state index contributed by atoms with van der Waals surface area (Å²) in [4.78, 5) is 25.2. The molecule has 0 bridgehead atoms. The van der Waals surface area contributed by atoms with E-state index >= 15 is 0 Å². The molecular formula is C9H13ClN2O2. The zero-order valence-electron chi connectivity index (χ0n) is 8.21. The molecule has 0 fully saturated rings. The van der Waals surface area contributed by atoms with Gasteiger partial charge in [0.2, 0.25) is 0 Å². The maximum atomic E-state index is 11.4. The van der Waals surface area contributed by atoms with E-state index < -0.39 is 5.69 Å².